The molecule has 1 aliphatic rings. The first-order valence-electron chi connectivity index (χ1n) is 9.02. The summed E-state index contributed by atoms with van der Waals surface area (Å²) in [5.74, 6) is 0.379. The molecule has 29 heavy (non-hydrogen) atoms. The number of methoxy groups -OCH3 is 2. The summed E-state index contributed by atoms with van der Waals surface area (Å²) in [5, 5.41) is 2.77. The molecule has 0 bridgehead atoms. The molecule has 2 aromatic rings. The van der Waals surface area contributed by atoms with E-state index in [0.29, 0.717) is 18.0 Å². The van der Waals surface area contributed by atoms with Gasteiger partial charge in [0.25, 0.3) is 15.9 Å². The van der Waals surface area contributed by atoms with Crippen molar-refractivity contribution >= 4 is 21.8 Å². The Labute approximate surface area is 169 Å². The standard InChI is InChI=1S/C20H22N2O6S/c1-27-16-10-9-14(12-17(16)28-2)13-21-19(23)8-5-11-22-20(24)15-6-3-4-7-18(15)29(22,25)26/h3-4,6-7,9-10,12H,5,8,11,13H2,1-2H3,(H,21,23). The van der Waals surface area contributed by atoms with Gasteiger partial charge in [-0.3, -0.25) is 9.59 Å². The number of hydrogen-bond acceptors (Lipinski definition) is 6. The van der Waals surface area contributed by atoms with Crippen molar-refractivity contribution in [3.05, 3.63) is 53.6 Å². The average Bonchev–Trinajstić information content (AvgIpc) is 2.92. The first kappa shape index (κ1) is 20.7. The van der Waals surface area contributed by atoms with Crippen molar-refractivity contribution < 1.29 is 27.5 Å². The molecule has 0 saturated carbocycles. The fraction of sp³-hybridized carbons (Fsp3) is 0.300. The average molecular weight is 418 g/mol. The number of fused-ring (bicyclic) bond motifs is 1. The van der Waals surface area contributed by atoms with E-state index < -0.39 is 15.9 Å². The van der Waals surface area contributed by atoms with Crippen LogP contribution in [0.4, 0.5) is 0 Å². The van der Waals surface area contributed by atoms with Gasteiger partial charge >= 0.3 is 0 Å². The second kappa shape index (κ2) is 8.52. The minimum absolute atomic E-state index is 0.0166. The molecule has 8 nitrogen and oxygen atoms in total. The molecule has 154 valence electrons. The number of hydrogen-bond donors (Lipinski definition) is 1. The van der Waals surface area contributed by atoms with Gasteiger partial charge in [0, 0.05) is 19.5 Å². The van der Waals surface area contributed by atoms with Crippen LogP contribution in [0.1, 0.15) is 28.8 Å². The largest absolute Gasteiger partial charge is 0.493 e. The summed E-state index contributed by atoms with van der Waals surface area (Å²) in [4.78, 5) is 24.5. The fourth-order valence-electron chi connectivity index (χ4n) is 3.12. The van der Waals surface area contributed by atoms with Crippen LogP contribution in [-0.4, -0.2) is 45.3 Å². The second-order valence-corrected chi connectivity index (χ2v) is 8.28. The lowest BCUT2D eigenvalue weighted by atomic mass is 10.2. The molecule has 0 fully saturated rings. The monoisotopic (exact) mass is 418 g/mol. The maximum absolute atomic E-state index is 12.5. The highest BCUT2D eigenvalue weighted by atomic mass is 32.2. The minimum atomic E-state index is -3.84. The van der Waals surface area contributed by atoms with Crippen LogP contribution >= 0.6 is 0 Å². The van der Waals surface area contributed by atoms with Crippen molar-refractivity contribution in [1.82, 2.24) is 9.62 Å². The van der Waals surface area contributed by atoms with Crippen LogP contribution < -0.4 is 14.8 Å². The zero-order valence-electron chi connectivity index (χ0n) is 16.2. The van der Waals surface area contributed by atoms with Crippen molar-refractivity contribution in [1.29, 1.82) is 0 Å². The maximum atomic E-state index is 12.5. The Morgan fingerprint density at radius 1 is 1.07 bits per heavy atom. The Hall–Kier alpha value is -3.07. The van der Waals surface area contributed by atoms with Crippen molar-refractivity contribution in [3.8, 4) is 11.5 Å². The lowest BCUT2D eigenvalue weighted by Gasteiger charge is -2.15. The number of nitrogens with one attached hydrogen (secondary N) is 1. The number of amides is 2. The van der Waals surface area contributed by atoms with E-state index >= 15 is 0 Å². The Bertz CT molecular complexity index is 1040. The van der Waals surface area contributed by atoms with Gasteiger partial charge in [0.1, 0.15) is 4.90 Å². The van der Waals surface area contributed by atoms with Gasteiger partial charge in [0.2, 0.25) is 5.91 Å². The lowest BCUT2D eigenvalue weighted by Crippen LogP contribution is -2.32. The number of carbonyl (C=O) groups is 2. The number of benzene rings is 2. The maximum Gasteiger partial charge on any atom is 0.269 e. The molecule has 1 aliphatic heterocycles. The zero-order chi connectivity index (χ0) is 21.0. The summed E-state index contributed by atoms with van der Waals surface area (Å²) < 4.78 is 36.2. The summed E-state index contributed by atoms with van der Waals surface area (Å²) in [5.41, 5.74) is 1.01. The number of rotatable bonds is 8. The van der Waals surface area contributed by atoms with Crippen molar-refractivity contribution in [2.45, 2.75) is 24.3 Å². The summed E-state index contributed by atoms with van der Waals surface area (Å²) >= 11 is 0. The molecule has 0 aliphatic carbocycles. The molecule has 2 amide bonds. The molecular formula is C20H22N2O6S. The number of ether oxygens (including phenoxy) is 2. The van der Waals surface area contributed by atoms with E-state index in [4.69, 9.17) is 9.47 Å². The van der Waals surface area contributed by atoms with Gasteiger partial charge in [-0.25, -0.2) is 12.7 Å². The Morgan fingerprint density at radius 2 is 1.79 bits per heavy atom. The molecule has 9 heteroatoms. The Morgan fingerprint density at radius 3 is 2.48 bits per heavy atom. The number of carbonyl (C=O) groups excluding carboxylic acids is 2. The molecule has 0 radical (unpaired) electrons. The predicted molar refractivity (Wildman–Crippen MR) is 105 cm³/mol. The number of sulfonamides is 1. The van der Waals surface area contributed by atoms with E-state index in [9.17, 15) is 18.0 Å². The van der Waals surface area contributed by atoms with Gasteiger partial charge in [-0.15, -0.1) is 0 Å². The molecule has 0 unspecified atom stereocenters. The van der Waals surface area contributed by atoms with Gasteiger partial charge in [-0.05, 0) is 36.2 Å². The molecule has 2 aromatic carbocycles. The predicted octanol–water partition coefficient (Wildman–Crippen LogP) is 1.94. The normalized spacial score (nSPS) is 14.4. The molecule has 0 saturated heterocycles. The Kier molecular flexibility index (Phi) is 6.07. The third-order valence-electron chi connectivity index (χ3n) is 4.61. The van der Waals surface area contributed by atoms with Gasteiger partial charge < -0.3 is 14.8 Å². The van der Waals surface area contributed by atoms with E-state index in [1.165, 1.54) is 19.2 Å². The Balaban J connectivity index is 1.52. The van der Waals surface area contributed by atoms with Gasteiger partial charge in [-0.1, -0.05) is 18.2 Å². The zero-order valence-corrected chi connectivity index (χ0v) is 17.0. The first-order valence-corrected chi connectivity index (χ1v) is 10.5. The van der Waals surface area contributed by atoms with E-state index in [1.807, 2.05) is 6.07 Å². The van der Waals surface area contributed by atoms with Crippen LogP contribution in [0.15, 0.2) is 47.4 Å². The quantitative estimate of drug-likeness (QED) is 0.703. The molecule has 1 heterocycles. The molecule has 0 spiro atoms. The SMILES string of the molecule is COc1ccc(CNC(=O)CCCN2C(=O)c3ccccc3S2(=O)=O)cc1OC. The molecule has 0 aromatic heterocycles. The van der Waals surface area contributed by atoms with E-state index in [0.717, 1.165) is 9.87 Å². The first-order chi connectivity index (χ1) is 13.9. The lowest BCUT2D eigenvalue weighted by molar-refractivity contribution is -0.121. The second-order valence-electron chi connectivity index (χ2n) is 6.45. The van der Waals surface area contributed by atoms with Crippen LogP contribution in [-0.2, 0) is 21.4 Å². The summed E-state index contributed by atoms with van der Waals surface area (Å²) in [7, 11) is -0.758. The van der Waals surface area contributed by atoms with Gasteiger partial charge in [0.15, 0.2) is 11.5 Å². The van der Waals surface area contributed by atoms with Gasteiger partial charge in [0.05, 0.1) is 19.8 Å². The summed E-state index contributed by atoms with van der Waals surface area (Å²) in [6.07, 6.45) is 0.333. The highest BCUT2D eigenvalue weighted by Crippen LogP contribution is 2.30. The van der Waals surface area contributed by atoms with Crippen LogP contribution in [0.2, 0.25) is 0 Å². The summed E-state index contributed by atoms with van der Waals surface area (Å²) in [6, 6.07) is 11.4. The summed E-state index contributed by atoms with van der Waals surface area (Å²) in [6.45, 7) is 0.255. The number of nitrogens with zero attached hydrogens (tertiary/aromatic N) is 1. The van der Waals surface area contributed by atoms with Crippen LogP contribution in [0, 0.1) is 0 Å². The van der Waals surface area contributed by atoms with Crippen LogP contribution in [0.5, 0.6) is 11.5 Å². The minimum Gasteiger partial charge on any atom is -0.493 e. The molecular weight excluding hydrogens is 396 g/mol. The third-order valence-corrected chi connectivity index (χ3v) is 6.46. The van der Waals surface area contributed by atoms with Crippen molar-refractivity contribution in [2.75, 3.05) is 20.8 Å². The van der Waals surface area contributed by atoms with E-state index in [2.05, 4.69) is 5.32 Å². The highest BCUT2D eigenvalue weighted by molar-refractivity contribution is 7.90. The van der Waals surface area contributed by atoms with Crippen LogP contribution in [0.25, 0.3) is 0 Å². The van der Waals surface area contributed by atoms with Crippen LogP contribution in [0.3, 0.4) is 0 Å². The smallest absolute Gasteiger partial charge is 0.269 e. The van der Waals surface area contributed by atoms with Crippen molar-refractivity contribution in [2.24, 2.45) is 0 Å². The molecule has 3 rings (SSSR count). The topological polar surface area (TPSA) is 102 Å². The fourth-order valence-corrected chi connectivity index (χ4v) is 4.72. The molecule has 1 N–H and O–H groups in total. The van der Waals surface area contributed by atoms with E-state index in [-0.39, 0.29) is 35.8 Å². The van der Waals surface area contributed by atoms with Crippen molar-refractivity contribution in [3.63, 3.8) is 0 Å². The molecule has 0 atom stereocenters. The highest BCUT2D eigenvalue weighted by Gasteiger charge is 2.40. The van der Waals surface area contributed by atoms with E-state index in [1.54, 1.807) is 31.4 Å². The van der Waals surface area contributed by atoms with Gasteiger partial charge in [-0.2, -0.15) is 0 Å². The third kappa shape index (κ3) is 4.19.